The lowest BCUT2D eigenvalue weighted by Gasteiger charge is -2.12. The molecule has 0 atom stereocenters. The first-order valence-corrected chi connectivity index (χ1v) is 4.34. The molecule has 0 spiro atoms. The zero-order valence-corrected chi connectivity index (χ0v) is 7.62. The molecule has 0 fully saturated rings. The van der Waals surface area contributed by atoms with E-state index in [1.54, 1.807) is 0 Å². The Balaban J connectivity index is 2.92. The average molecular weight is 165 g/mol. The summed E-state index contributed by atoms with van der Waals surface area (Å²) in [5, 5.41) is 0. The van der Waals surface area contributed by atoms with Crippen LogP contribution in [-0.2, 0) is 0 Å². The lowest BCUT2D eigenvalue weighted by atomic mass is 9.96. The van der Waals surface area contributed by atoms with Gasteiger partial charge in [-0.15, -0.1) is 0 Å². The minimum Gasteiger partial charge on any atom is -0.383 e. The van der Waals surface area contributed by atoms with Gasteiger partial charge in [-0.25, -0.2) is 9.97 Å². The number of aromatic nitrogens is 2. The van der Waals surface area contributed by atoms with Gasteiger partial charge in [-0.2, -0.15) is 0 Å². The molecule has 0 saturated heterocycles. The molecule has 2 N–H and O–H groups in total. The van der Waals surface area contributed by atoms with Crippen LogP contribution in [0.2, 0.25) is 0 Å². The highest BCUT2D eigenvalue weighted by molar-refractivity contribution is 5.39. The molecule has 0 amide bonds. The maximum atomic E-state index is 5.72. The fourth-order valence-electron chi connectivity index (χ4n) is 1.39. The van der Waals surface area contributed by atoms with Gasteiger partial charge in [0.05, 0.1) is 0 Å². The van der Waals surface area contributed by atoms with E-state index < -0.39 is 0 Å². The van der Waals surface area contributed by atoms with Crippen LogP contribution >= 0.6 is 0 Å². The minimum absolute atomic E-state index is 0.506. The van der Waals surface area contributed by atoms with E-state index in [0.29, 0.717) is 11.7 Å². The molecule has 1 rings (SSSR count). The lowest BCUT2D eigenvalue weighted by molar-refractivity contribution is 0.638. The molecule has 0 aliphatic carbocycles. The summed E-state index contributed by atoms with van der Waals surface area (Å²) in [5.41, 5.74) is 6.81. The third-order valence-electron chi connectivity index (χ3n) is 2.20. The van der Waals surface area contributed by atoms with Crippen LogP contribution in [0.15, 0.2) is 12.5 Å². The molecular weight excluding hydrogens is 150 g/mol. The Morgan fingerprint density at radius 2 is 2.08 bits per heavy atom. The fourth-order valence-corrected chi connectivity index (χ4v) is 1.39. The van der Waals surface area contributed by atoms with Crippen molar-refractivity contribution >= 4 is 5.82 Å². The Morgan fingerprint density at radius 1 is 1.42 bits per heavy atom. The maximum absolute atomic E-state index is 5.72. The second-order valence-corrected chi connectivity index (χ2v) is 2.88. The molecule has 0 aliphatic rings. The van der Waals surface area contributed by atoms with Crippen LogP contribution < -0.4 is 5.73 Å². The summed E-state index contributed by atoms with van der Waals surface area (Å²) in [5.74, 6) is 1.13. The third kappa shape index (κ3) is 1.72. The smallest absolute Gasteiger partial charge is 0.130 e. The molecule has 0 radical (unpaired) electrons. The molecule has 3 heteroatoms. The number of hydrogen-bond donors (Lipinski definition) is 1. The highest BCUT2D eigenvalue weighted by Gasteiger charge is 2.10. The number of rotatable bonds is 3. The quantitative estimate of drug-likeness (QED) is 0.744. The van der Waals surface area contributed by atoms with Crippen molar-refractivity contribution in [3.8, 4) is 0 Å². The van der Waals surface area contributed by atoms with Crippen molar-refractivity contribution in [1.82, 2.24) is 9.97 Å². The minimum atomic E-state index is 0.506. The molecule has 0 bridgehead atoms. The zero-order chi connectivity index (χ0) is 8.97. The molecule has 0 saturated carbocycles. The van der Waals surface area contributed by atoms with Crippen LogP contribution in [0, 0.1) is 0 Å². The topological polar surface area (TPSA) is 51.8 Å². The van der Waals surface area contributed by atoms with Crippen LogP contribution in [0.4, 0.5) is 5.82 Å². The predicted molar refractivity (Wildman–Crippen MR) is 49.8 cm³/mol. The van der Waals surface area contributed by atoms with Gasteiger partial charge < -0.3 is 5.73 Å². The Hall–Kier alpha value is -1.12. The van der Waals surface area contributed by atoms with Crippen molar-refractivity contribution in [2.45, 2.75) is 32.6 Å². The van der Waals surface area contributed by atoms with Crippen LogP contribution in [-0.4, -0.2) is 9.97 Å². The van der Waals surface area contributed by atoms with Gasteiger partial charge in [0.1, 0.15) is 12.1 Å². The van der Waals surface area contributed by atoms with Gasteiger partial charge in [0, 0.05) is 11.8 Å². The molecular formula is C9H15N3. The summed E-state index contributed by atoms with van der Waals surface area (Å²) >= 11 is 0. The standard InChI is InChI=1S/C9H15N3/c1-3-7(4-2)8-5-11-6-12-9(8)10/h5-7H,3-4H2,1-2H3,(H2,10,11,12). The number of nitrogens with two attached hydrogens (primary N) is 1. The average Bonchev–Trinajstić information content (AvgIpc) is 2.10. The van der Waals surface area contributed by atoms with Crippen LogP contribution in [0.1, 0.15) is 38.2 Å². The van der Waals surface area contributed by atoms with E-state index in [1.165, 1.54) is 6.33 Å². The van der Waals surface area contributed by atoms with Gasteiger partial charge in [-0.05, 0) is 18.8 Å². The number of nitrogen functional groups attached to an aromatic ring is 1. The van der Waals surface area contributed by atoms with Gasteiger partial charge in [0.25, 0.3) is 0 Å². The van der Waals surface area contributed by atoms with E-state index in [2.05, 4.69) is 23.8 Å². The van der Waals surface area contributed by atoms with Crippen molar-refractivity contribution in [2.24, 2.45) is 0 Å². The second kappa shape index (κ2) is 4.04. The molecule has 1 heterocycles. The third-order valence-corrected chi connectivity index (χ3v) is 2.20. The second-order valence-electron chi connectivity index (χ2n) is 2.88. The zero-order valence-electron chi connectivity index (χ0n) is 7.62. The van der Waals surface area contributed by atoms with E-state index in [1.807, 2.05) is 6.20 Å². The predicted octanol–water partition coefficient (Wildman–Crippen LogP) is 1.96. The highest BCUT2D eigenvalue weighted by Crippen LogP contribution is 2.25. The molecule has 0 aromatic carbocycles. The molecule has 0 aliphatic heterocycles. The molecule has 0 unspecified atom stereocenters. The van der Waals surface area contributed by atoms with Crippen molar-refractivity contribution in [3.05, 3.63) is 18.1 Å². The summed E-state index contributed by atoms with van der Waals surface area (Å²) in [6.07, 6.45) is 5.49. The maximum Gasteiger partial charge on any atom is 0.130 e. The summed E-state index contributed by atoms with van der Waals surface area (Å²) < 4.78 is 0. The first kappa shape index (κ1) is 8.97. The van der Waals surface area contributed by atoms with E-state index in [-0.39, 0.29) is 0 Å². The van der Waals surface area contributed by atoms with Gasteiger partial charge >= 0.3 is 0 Å². The molecule has 3 nitrogen and oxygen atoms in total. The molecule has 1 aromatic rings. The number of nitrogens with zero attached hydrogens (tertiary/aromatic N) is 2. The van der Waals surface area contributed by atoms with Crippen molar-refractivity contribution in [2.75, 3.05) is 5.73 Å². The van der Waals surface area contributed by atoms with Gasteiger partial charge in [0.2, 0.25) is 0 Å². The summed E-state index contributed by atoms with van der Waals surface area (Å²) in [7, 11) is 0. The molecule has 1 aromatic heterocycles. The largest absolute Gasteiger partial charge is 0.383 e. The number of hydrogen-bond acceptors (Lipinski definition) is 3. The lowest BCUT2D eigenvalue weighted by Crippen LogP contribution is -2.03. The van der Waals surface area contributed by atoms with Crippen LogP contribution in [0.3, 0.4) is 0 Å². The Kier molecular flexibility index (Phi) is 3.02. The Bertz CT molecular complexity index is 243. The SMILES string of the molecule is CCC(CC)c1cncnc1N. The summed E-state index contributed by atoms with van der Waals surface area (Å²) in [6, 6.07) is 0. The molecule has 66 valence electrons. The van der Waals surface area contributed by atoms with Crippen LogP contribution in [0.5, 0.6) is 0 Å². The van der Waals surface area contributed by atoms with E-state index in [9.17, 15) is 0 Å². The van der Waals surface area contributed by atoms with Crippen molar-refractivity contribution in [3.63, 3.8) is 0 Å². The molecule has 12 heavy (non-hydrogen) atoms. The van der Waals surface area contributed by atoms with Crippen molar-refractivity contribution in [1.29, 1.82) is 0 Å². The fraction of sp³-hybridized carbons (Fsp3) is 0.556. The summed E-state index contributed by atoms with van der Waals surface area (Å²) in [4.78, 5) is 7.93. The van der Waals surface area contributed by atoms with Gasteiger partial charge in [-0.3, -0.25) is 0 Å². The Morgan fingerprint density at radius 3 is 2.58 bits per heavy atom. The van der Waals surface area contributed by atoms with E-state index in [0.717, 1.165) is 18.4 Å². The van der Waals surface area contributed by atoms with E-state index >= 15 is 0 Å². The van der Waals surface area contributed by atoms with Crippen LogP contribution in [0.25, 0.3) is 0 Å². The number of anilines is 1. The van der Waals surface area contributed by atoms with Crippen molar-refractivity contribution < 1.29 is 0 Å². The normalized spacial score (nSPS) is 10.6. The van der Waals surface area contributed by atoms with Gasteiger partial charge in [-0.1, -0.05) is 13.8 Å². The first-order chi connectivity index (χ1) is 5.79. The summed E-state index contributed by atoms with van der Waals surface area (Å²) in [6.45, 7) is 4.31. The van der Waals surface area contributed by atoms with E-state index in [4.69, 9.17) is 5.73 Å². The highest BCUT2D eigenvalue weighted by atomic mass is 14.9. The monoisotopic (exact) mass is 165 g/mol. The first-order valence-electron chi connectivity index (χ1n) is 4.34. The van der Waals surface area contributed by atoms with Gasteiger partial charge in [0.15, 0.2) is 0 Å². The Labute approximate surface area is 73.0 Å².